The van der Waals surface area contributed by atoms with Crippen LogP contribution in [0.15, 0.2) is 24.3 Å². The van der Waals surface area contributed by atoms with Crippen LogP contribution in [-0.4, -0.2) is 45.2 Å². The van der Waals surface area contributed by atoms with E-state index in [9.17, 15) is 9.59 Å². The van der Waals surface area contributed by atoms with E-state index >= 15 is 0 Å². The van der Waals surface area contributed by atoms with E-state index in [1.807, 2.05) is 31.2 Å². The second-order valence-electron chi connectivity index (χ2n) is 4.66. The van der Waals surface area contributed by atoms with Crippen molar-refractivity contribution < 1.29 is 19.1 Å². The maximum atomic E-state index is 11.6. The molecule has 0 bridgehead atoms. The van der Waals surface area contributed by atoms with E-state index in [2.05, 4.69) is 10.6 Å². The lowest BCUT2D eigenvalue weighted by molar-refractivity contribution is -0.139. The summed E-state index contributed by atoms with van der Waals surface area (Å²) in [6.45, 7) is 3.99. The van der Waals surface area contributed by atoms with Crippen molar-refractivity contribution in [2.45, 2.75) is 19.8 Å². The van der Waals surface area contributed by atoms with Crippen molar-refractivity contribution in [3.05, 3.63) is 29.8 Å². The Morgan fingerprint density at radius 2 is 1.68 bits per heavy atom. The van der Waals surface area contributed by atoms with Gasteiger partial charge in [0.25, 0.3) is 0 Å². The van der Waals surface area contributed by atoms with Crippen LogP contribution in [0.5, 0.6) is 5.75 Å². The van der Waals surface area contributed by atoms with Crippen LogP contribution in [-0.2, 0) is 20.7 Å². The van der Waals surface area contributed by atoms with Gasteiger partial charge in [-0.1, -0.05) is 12.1 Å². The molecule has 2 N–H and O–H groups in total. The van der Waals surface area contributed by atoms with Crippen LogP contribution in [0.2, 0.25) is 0 Å². The van der Waals surface area contributed by atoms with Crippen molar-refractivity contribution in [1.29, 1.82) is 0 Å². The Kier molecular flexibility index (Phi) is 8.67. The van der Waals surface area contributed by atoms with Crippen LogP contribution in [0, 0.1) is 0 Å². The number of benzene rings is 1. The third kappa shape index (κ3) is 7.08. The molecule has 0 fully saturated rings. The molecule has 2 amide bonds. The number of hydrogen-bond acceptors (Lipinski definition) is 4. The summed E-state index contributed by atoms with van der Waals surface area (Å²) in [5, 5.41) is 5.16. The Bertz CT molecular complexity index is 460. The van der Waals surface area contributed by atoms with E-state index in [4.69, 9.17) is 9.47 Å². The Morgan fingerprint density at radius 3 is 2.27 bits per heavy atom. The second-order valence-corrected chi connectivity index (χ2v) is 4.66. The fourth-order valence-corrected chi connectivity index (χ4v) is 1.79. The minimum absolute atomic E-state index is 0.414. The molecule has 6 nitrogen and oxygen atoms in total. The highest BCUT2D eigenvalue weighted by atomic mass is 16.5. The summed E-state index contributed by atoms with van der Waals surface area (Å²) in [6, 6.07) is 7.59. The monoisotopic (exact) mass is 308 g/mol. The molecule has 0 spiro atoms. The van der Waals surface area contributed by atoms with E-state index in [0.29, 0.717) is 39.1 Å². The van der Waals surface area contributed by atoms with Crippen molar-refractivity contribution in [2.24, 2.45) is 0 Å². The third-order valence-electron chi connectivity index (χ3n) is 3.02. The quantitative estimate of drug-likeness (QED) is 0.525. The van der Waals surface area contributed by atoms with Crippen LogP contribution in [0.3, 0.4) is 0 Å². The molecule has 0 heterocycles. The number of methoxy groups -OCH3 is 1. The Hall–Kier alpha value is -2.08. The van der Waals surface area contributed by atoms with Gasteiger partial charge in [0.15, 0.2) is 0 Å². The van der Waals surface area contributed by atoms with Gasteiger partial charge in [0.1, 0.15) is 5.75 Å². The molecule has 22 heavy (non-hydrogen) atoms. The van der Waals surface area contributed by atoms with Crippen LogP contribution >= 0.6 is 0 Å². The van der Waals surface area contributed by atoms with Gasteiger partial charge >= 0.3 is 11.8 Å². The van der Waals surface area contributed by atoms with Crippen LogP contribution in [0.25, 0.3) is 0 Å². The average molecular weight is 308 g/mol. The second kappa shape index (κ2) is 10.6. The molecule has 0 saturated carbocycles. The molecule has 0 saturated heterocycles. The first-order valence-electron chi connectivity index (χ1n) is 7.44. The summed E-state index contributed by atoms with van der Waals surface area (Å²) in [5.74, 6) is -0.421. The van der Waals surface area contributed by atoms with Gasteiger partial charge in [-0.3, -0.25) is 9.59 Å². The highest BCUT2D eigenvalue weighted by molar-refractivity contribution is 6.35. The molecule has 1 aromatic rings. The maximum absolute atomic E-state index is 11.6. The molecule has 1 rings (SSSR count). The molecular weight excluding hydrogens is 284 g/mol. The van der Waals surface area contributed by atoms with Gasteiger partial charge in [-0.15, -0.1) is 0 Å². The summed E-state index contributed by atoms with van der Waals surface area (Å²) in [6.07, 6.45) is 1.35. The number of amides is 2. The first-order valence-corrected chi connectivity index (χ1v) is 7.44. The molecule has 1 aromatic carbocycles. The highest BCUT2D eigenvalue weighted by Crippen LogP contribution is 2.11. The number of hydrogen-bond donors (Lipinski definition) is 2. The average Bonchev–Trinajstić information content (AvgIpc) is 2.55. The fourth-order valence-electron chi connectivity index (χ4n) is 1.79. The van der Waals surface area contributed by atoms with Gasteiger partial charge < -0.3 is 20.1 Å². The van der Waals surface area contributed by atoms with Gasteiger partial charge in [0, 0.05) is 26.3 Å². The Labute approximate surface area is 131 Å². The lowest BCUT2D eigenvalue weighted by atomic mass is 10.1. The highest BCUT2D eigenvalue weighted by Gasteiger charge is 2.11. The van der Waals surface area contributed by atoms with E-state index in [1.54, 1.807) is 7.11 Å². The van der Waals surface area contributed by atoms with E-state index < -0.39 is 11.8 Å². The smallest absolute Gasteiger partial charge is 0.309 e. The zero-order valence-electron chi connectivity index (χ0n) is 13.2. The van der Waals surface area contributed by atoms with Crippen molar-refractivity contribution in [1.82, 2.24) is 10.6 Å². The van der Waals surface area contributed by atoms with Gasteiger partial charge in [0.2, 0.25) is 0 Å². The molecule has 0 unspecified atom stereocenters. The van der Waals surface area contributed by atoms with Gasteiger partial charge in [-0.05, 0) is 37.5 Å². The first-order chi connectivity index (χ1) is 10.7. The molecule has 0 aliphatic carbocycles. The molecule has 122 valence electrons. The van der Waals surface area contributed by atoms with Crippen molar-refractivity contribution in [3.63, 3.8) is 0 Å². The standard InChI is InChI=1S/C16H24N2O4/c1-3-22-12-4-10-17-15(19)16(20)18-11-9-13-5-7-14(21-2)8-6-13/h5-8H,3-4,9-12H2,1-2H3,(H,17,19)(H,18,20). The summed E-state index contributed by atoms with van der Waals surface area (Å²) < 4.78 is 10.2. The number of carbonyl (C=O) groups excluding carboxylic acids is 2. The third-order valence-corrected chi connectivity index (χ3v) is 3.02. The summed E-state index contributed by atoms with van der Waals surface area (Å²) >= 11 is 0. The number of carbonyl (C=O) groups is 2. The zero-order valence-corrected chi connectivity index (χ0v) is 13.2. The first kappa shape index (κ1) is 18.0. The van der Waals surface area contributed by atoms with Crippen LogP contribution in [0.4, 0.5) is 0 Å². The number of ether oxygens (including phenoxy) is 2. The van der Waals surface area contributed by atoms with Gasteiger partial charge in [-0.2, -0.15) is 0 Å². The minimum Gasteiger partial charge on any atom is -0.497 e. The van der Waals surface area contributed by atoms with Crippen molar-refractivity contribution in [3.8, 4) is 5.75 Å². The lowest BCUT2D eigenvalue weighted by Gasteiger charge is -2.07. The SMILES string of the molecule is CCOCCCNC(=O)C(=O)NCCc1ccc(OC)cc1. The summed E-state index contributed by atoms with van der Waals surface area (Å²) in [4.78, 5) is 23.1. The topological polar surface area (TPSA) is 76.7 Å². The maximum Gasteiger partial charge on any atom is 0.309 e. The molecule has 6 heteroatoms. The number of rotatable bonds is 9. The predicted molar refractivity (Wildman–Crippen MR) is 83.8 cm³/mol. The van der Waals surface area contributed by atoms with E-state index in [-0.39, 0.29) is 0 Å². The fraction of sp³-hybridized carbons (Fsp3) is 0.500. The van der Waals surface area contributed by atoms with Crippen molar-refractivity contribution in [2.75, 3.05) is 33.4 Å². The molecule has 0 radical (unpaired) electrons. The largest absolute Gasteiger partial charge is 0.497 e. The van der Waals surface area contributed by atoms with Crippen molar-refractivity contribution >= 4 is 11.8 Å². The molecule has 0 aliphatic heterocycles. The van der Waals surface area contributed by atoms with Crippen LogP contribution in [0.1, 0.15) is 18.9 Å². The van der Waals surface area contributed by atoms with Crippen LogP contribution < -0.4 is 15.4 Å². The Balaban J connectivity index is 2.17. The normalized spacial score (nSPS) is 10.1. The molecule has 0 aromatic heterocycles. The van der Waals surface area contributed by atoms with E-state index in [1.165, 1.54) is 0 Å². The summed E-state index contributed by atoms with van der Waals surface area (Å²) in [7, 11) is 1.61. The molecule has 0 atom stereocenters. The molecular formula is C16H24N2O4. The predicted octanol–water partition coefficient (Wildman–Crippen LogP) is 0.897. The molecule has 0 aliphatic rings. The van der Waals surface area contributed by atoms with E-state index in [0.717, 1.165) is 11.3 Å². The van der Waals surface area contributed by atoms with Gasteiger partial charge in [-0.25, -0.2) is 0 Å². The minimum atomic E-state index is -0.607. The number of nitrogens with one attached hydrogen (secondary N) is 2. The Morgan fingerprint density at radius 1 is 1.05 bits per heavy atom. The van der Waals surface area contributed by atoms with Gasteiger partial charge in [0.05, 0.1) is 7.11 Å². The zero-order chi connectivity index (χ0) is 16.2. The summed E-state index contributed by atoms with van der Waals surface area (Å²) in [5.41, 5.74) is 1.07. The lowest BCUT2D eigenvalue weighted by Crippen LogP contribution is -2.41.